The summed E-state index contributed by atoms with van der Waals surface area (Å²) in [5.74, 6) is 1.01. The van der Waals surface area contributed by atoms with E-state index in [0.717, 1.165) is 29.5 Å². The van der Waals surface area contributed by atoms with Crippen molar-refractivity contribution in [1.82, 2.24) is 10.2 Å². The molecule has 2 amide bonds. The molecule has 3 aromatic rings. The Morgan fingerprint density at radius 3 is 2.29 bits per heavy atom. The lowest BCUT2D eigenvalue weighted by Gasteiger charge is -2.32. The zero-order chi connectivity index (χ0) is 29.6. The molecule has 3 rings (SSSR count). The number of rotatable bonds is 16. The van der Waals surface area contributed by atoms with Crippen LogP contribution in [0, 0.1) is 0 Å². The maximum Gasteiger partial charge on any atom is 0.243 e. The van der Waals surface area contributed by atoms with Gasteiger partial charge in [0.05, 0.1) is 13.2 Å². The number of hydrogen-bond acceptors (Lipinski definition) is 4. The fourth-order valence-electron chi connectivity index (χ4n) is 4.54. The van der Waals surface area contributed by atoms with Crippen LogP contribution in [0.1, 0.15) is 56.7 Å². The van der Waals surface area contributed by atoms with Crippen molar-refractivity contribution < 1.29 is 19.1 Å². The smallest absolute Gasteiger partial charge is 0.243 e. The Hall–Kier alpha value is -3.22. The van der Waals surface area contributed by atoms with Crippen molar-refractivity contribution in [2.24, 2.45) is 0 Å². The molecule has 6 nitrogen and oxygen atoms in total. The van der Waals surface area contributed by atoms with Gasteiger partial charge in [-0.2, -0.15) is 0 Å². The molecule has 8 heteroatoms. The molecule has 0 aliphatic carbocycles. The quantitative estimate of drug-likeness (QED) is 0.176. The first-order valence-electron chi connectivity index (χ1n) is 14.3. The molecule has 0 aliphatic heterocycles. The first-order valence-corrected chi connectivity index (χ1v) is 15.0. The Kier molecular flexibility index (Phi) is 13.3. The van der Waals surface area contributed by atoms with Crippen LogP contribution in [0.5, 0.6) is 11.5 Å². The summed E-state index contributed by atoms with van der Waals surface area (Å²) in [5.41, 5.74) is 2.64. The van der Waals surface area contributed by atoms with Crippen LogP contribution in [0.15, 0.2) is 66.7 Å². The van der Waals surface area contributed by atoms with Crippen molar-refractivity contribution >= 4 is 35.0 Å². The molecule has 0 saturated heterocycles. The molecule has 220 valence electrons. The van der Waals surface area contributed by atoms with E-state index in [2.05, 4.69) is 12.2 Å². The van der Waals surface area contributed by atoms with Gasteiger partial charge >= 0.3 is 0 Å². The van der Waals surface area contributed by atoms with Crippen molar-refractivity contribution in [2.75, 3.05) is 19.8 Å². The molecular formula is C33H40Cl2N2O4. The zero-order valence-electron chi connectivity index (χ0n) is 24.1. The number of unbranched alkanes of at least 4 members (excludes halogenated alkanes) is 1. The summed E-state index contributed by atoms with van der Waals surface area (Å²) in [4.78, 5) is 29.2. The fraction of sp³-hybridized carbons (Fsp3) is 0.394. The largest absolute Gasteiger partial charge is 0.490 e. The highest BCUT2D eigenvalue weighted by Gasteiger charge is 2.30. The highest BCUT2D eigenvalue weighted by Crippen LogP contribution is 2.29. The van der Waals surface area contributed by atoms with E-state index >= 15 is 0 Å². The third-order valence-electron chi connectivity index (χ3n) is 6.69. The van der Waals surface area contributed by atoms with Crippen LogP contribution in [-0.4, -0.2) is 42.5 Å². The highest BCUT2D eigenvalue weighted by molar-refractivity contribution is 6.35. The lowest BCUT2D eigenvalue weighted by Crippen LogP contribution is -2.50. The lowest BCUT2D eigenvalue weighted by molar-refractivity contribution is -0.141. The van der Waals surface area contributed by atoms with Gasteiger partial charge in [0.25, 0.3) is 0 Å². The number of hydrogen-bond donors (Lipinski definition) is 1. The fourth-order valence-corrected chi connectivity index (χ4v) is 5.01. The Balaban J connectivity index is 1.91. The first-order chi connectivity index (χ1) is 19.9. The van der Waals surface area contributed by atoms with Crippen LogP contribution in [0.2, 0.25) is 10.0 Å². The molecule has 0 radical (unpaired) electrons. The van der Waals surface area contributed by atoms with Crippen LogP contribution in [-0.2, 0) is 29.0 Å². The van der Waals surface area contributed by atoms with E-state index in [1.165, 1.54) is 0 Å². The molecule has 0 unspecified atom stereocenters. The maximum atomic E-state index is 14.0. The Labute approximate surface area is 253 Å². The van der Waals surface area contributed by atoms with E-state index < -0.39 is 6.04 Å². The maximum absolute atomic E-state index is 14.0. The number of amides is 2. The van der Waals surface area contributed by atoms with E-state index in [1.807, 2.05) is 62.4 Å². The summed E-state index contributed by atoms with van der Waals surface area (Å²) in [5, 5.41) is 4.01. The lowest BCUT2D eigenvalue weighted by atomic mass is 10.0. The molecule has 1 atom stereocenters. The average Bonchev–Trinajstić information content (AvgIpc) is 2.96. The number of halogens is 2. The number of carbonyl (C=O) groups is 2. The number of ether oxygens (including phenoxy) is 2. The molecule has 0 heterocycles. The summed E-state index contributed by atoms with van der Waals surface area (Å²) in [6.45, 7) is 7.69. The molecule has 0 spiro atoms. The van der Waals surface area contributed by atoms with Gasteiger partial charge in [0.2, 0.25) is 11.8 Å². The van der Waals surface area contributed by atoms with Gasteiger partial charge in [-0.25, -0.2) is 0 Å². The van der Waals surface area contributed by atoms with Crippen molar-refractivity contribution in [1.29, 1.82) is 0 Å². The first kappa shape index (κ1) is 32.3. The molecule has 0 bridgehead atoms. The van der Waals surface area contributed by atoms with Gasteiger partial charge in [-0.1, -0.05) is 79.0 Å². The second-order valence-electron chi connectivity index (χ2n) is 9.75. The van der Waals surface area contributed by atoms with Crippen molar-refractivity contribution in [3.8, 4) is 11.5 Å². The molecule has 0 fully saturated rings. The van der Waals surface area contributed by atoms with Crippen LogP contribution >= 0.6 is 23.2 Å². The normalized spacial score (nSPS) is 11.5. The standard InChI is InChI=1S/C33H40Cl2N2O4/c1-4-7-19-36-33(39)29(20-24-11-9-8-10-12-24)37(23-26-15-16-27(34)22-28(26)35)32(38)18-14-25-13-17-30(40-5-2)31(21-25)41-6-3/h8-13,15-17,21-22,29H,4-7,14,18-20,23H2,1-3H3,(H,36,39)/t29-/m0/s1. The number of benzene rings is 3. The molecule has 0 aromatic heterocycles. The minimum Gasteiger partial charge on any atom is -0.490 e. The van der Waals surface area contributed by atoms with E-state index in [-0.39, 0.29) is 24.8 Å². The van der Waals surface area contributed by atoms with Gasteiger partial charge in [0.15, 0.2) is 11.5 Å². The van der Waals surface area contributed by atoms with Gasteiger partial charge in [-0.3, -0.25) is 9.59 Å². The summed E-state index contributed by atoms with van der Waals surface area (Å²) in [6.07, 6.45) is 2.89. The van der Waals surface area contributed by atoms with Crippen molar-refractivity contribution in [3.05, 3.63) is 93.5 Å². The molecule has 3 aromatic carbocycles. The molecule has 0 saturated carbocycles. The minimum atomic E-state index is -0.715. The third-order valence-corrected chi connectivity index (χ3v) is 7.28. The minimum absolute atomic E-state index is 0.144. The number of nitrogens with one attached hydrogen (secondary N) is 1. The Morgan fingerprint density at radius 1 is 0.878 bits per heavy atom. The SMILES string of the molecule is CCCCNC(=O)[C@H](Cc1ccccc1)N(Cc1ccc(Cl)cc1Cl)C(=O)CCc1ccc(OCC)c(OCC)c1. The summed E-state index contributed by atoms with van der Waals surface area (Å²) < 4.78 is 11.5. The number of nitrogens with zero attached hydrogens (tertiary/aromatic N) is 1. The van der Waals surface area contributed by atoms with Crippen LogP contribution < -0.4 is 14.8 Å². The van der Waals surface area contributed by atoms with Crippen LogP contribution in [0.25, 0.3) is 0 Å². The number of carbonyl (C=O) groups excluding carboxylic acids is 2. The van der Waals surface area contributed by atoms with E-state index in [9.17, 15) is 9.59 Å². The van der Waals surface area contributed by atoms with E-state index in [0.29, 0.717) is 54.1 Å². The summed E-state index contributed by atoms with van der Waals surface area (Å²) in [6, 6.07) is 20.0. The van der Waals surface area contributed by atoms with Crippen molar-refractivity contribution in [3.63, 3.8) is 0 Å². The third kappa shape index (κ3) is 9.98. The zero-order valence-corrected chi connectivity index (χ0v) is 25.6. The van der Waals surface area contributed by atoms with E-state index in [1.54, 1.807) is 23.1 Å². The topological polar surface area (TPSA) is 67.9 Å². The van der Waals surface area contributed by atoms with Gasteiger partial charge in [0.1, 0.15) is 6.04 Å². The highest BCUT2D eigenvalue weighted by atomic mass is 35.5. The number of aryl methyl sites for hydroxylation is 1. The monoisotopic (exact) mass is 598 g/mol. The second-order valence-corrected chi connectivity index (χ2v) is 10.6. The molecular weight excluding hydrogens is 559 g/mol. The van der Waals surface area contributed by atoms with Gasteiger partial charge in [-0.15, -0.1) is 0 Å². The van der Waals surface area contributed by atoms with Crippen LogP contribution in [0.3, 0.4) is 0 Å². The van der Waals surface area contributed by atoms with Crippen LogP contribution in [0.4, 0.5) is 0 Å². The molecule has 1 N–H and O–H groups in total. The second kappa shape index (κ2) is 16.9. The van der Waals surface area contributed by atoms with E-state index in [4.69, 9.17) is 32.7 Å². The average molecular weight is 600 g/mol. The Bertz CT molecular complexity index is 1270. The van der Waals surface area contributed by atoms with Gasteiger partial charge in [0, 0.05) is 36.0 Å². The van der Waals surface area contributed by atoms with Gasteiger partial charge < -0.3 is 19.7 Å². The van der Waals surface area contributed by atoms with Crippen molar-refractivity contribution in [2.45, 2.75) is 65.5 Å². The Morgan fingerprint density at radius 2 is 1.61 bits per heavy atom. The summed E-state index contributed by atoms with van der Waals surface area (Å²) in [7, 11) is 0. The molecule has 0 aliphatic rings. The van der Waals surface area contributed by atoms with Gasteiger partial charge in [-0.05, 0) is 67.6 Å². The molecule has 41 heavy (non-hydrogen) atoms. The summed E-state index contributed by atoms with van der Waals surface area (Å²) >= 11 is 12.7. The predicted octanol–water partition coefficient (Wildman–Crippen LogP) is 7.28. The predicted molar refractivity (Wildman–Crippen MR) is 166 cm³/mol.